The molecule has 2 rings (SSSR count). The highest BCUT2D eigenvalue weighted by molar-refractivity contribution is 9.11. The predicted octanol–water partition coefficient (Wildman–Crippen LogP) is 4.37. The molecule has 0 aromatic carbocycles. The number of hydrogen-bond acceptors (Lipinski definition) is 4. The second-order valence-electron chi connectivity index (χ2n) is 2.79. The van der Waals surface area contributed by atoms with Gasteiger partial charge >= 0.3 is 0 Å². The number of halogens is 1. The molecule has 0 atom stereocenters. The van der Waals surface area contributed by atoms with E-state index in [0.717, 1.165) is 20.2 Å². The number of aryl methyl sites for hydroxylation is 1. The molecule has 0 aliphatic rings. The molecular weight excluding hydrogens is 298 g/mol. The normalized spacial score (nSPS) is 10.8. The van der Waals surface area contributed by atoms with E-state index in [1.165, 1.54) is 9.75 Å². The lowest BCUT2D eigenvalue weighted by molar-refractivity contribution is 1.23. The highest BCUT2D eigenvalue weighted by atomic mass is 79.9. The molecule has 74 valence electrons. The third kappa shape index (κ3) is 2.05. The molecule has 0 unspecified atom stereocenters. The van der Waals surface area contributed by atoms with Gasteiger partial charge in [0.15, 0.2) is 0 Å². The number of rotatable bonds is 2. The smallest absolute Gasteiger partial charge is 0.133 e. The molecule has 0 saturated carbocycles. The molecule has 1 nitrogen and oxygen atoms in total. The van der Waals surface area contributed by atoms with Gasteiger partial charge in [0, 0.05) is 10.6 Å². The lowest BCUT2D eigenvalue weighted by Gasteiger charge is -1.85. The highest BCUT2D eigenvalue weighted by Gasteiger charge is 2.09. The van der Waals surface area contributed by atoms with Crippen LogP contribution in [-0.2, 0) is 5.75 Å². The van der Waals surface area contributed by atoms with Crippen molar-refractivity contribution in [1.29, 1.82) is 0 Å². The molecule has 0 fully saturated rings. The molecule has 0 bridgehead atoms. The van der Waals surface area contributed by atoms with Crippen LogP contribution >= 0.6 is 51.2 Å². The van der Waals surface area contributed by atoms with E-state index < -0.39 is 0 Å². The first-order valence-electron chi connectivity index (χ1n) is 4.03. The van der Waals surface area contributed by atoms with Crippen molar-refractivity contribution in [2.45, 2.75) is 12.7 Å². The van der Waals surface area contributed by atoms with Gasteiger partial charge in [-0.3, -0.25) is 0 Å². The Hall–Kier alpha value is 0.160. The minimum Gasteiger partial charge on any atom is -0.240 e. The summed E-state index contributed by atoms with van der Waals surface area (Å²) >= 11 is 11.2. The fraction of sp³-hybridized carbons (Fsp3) is 0.222. The Balaban J connectivity index is 2.42. The zero-order chi connectivity index (χ0) is 10.1. The van der Waals surface area contributed by atoms with Gasteiger partial charge in [-0.2, -0.15) is 12.6 Å². The average molecular weight is 306 g/mol. The molecule has 0 saturated heterocycles. The Kier molecular flexibility index (Phi) is 3.31. The molecule has 0 aliphatic heterocycles. The van der Waals surface area contributed by atoms with Gasteiger partial charge in [-0.15, -0.1) is 22.7 Å². The number of nitrogens with zero attached hydrogens (tertiary/aromatic N) is 1. The first-order chi connectivity index (χ1) is 6.70. The van der Waals surface area contributed by atoms with Gasteiger partial charge in [-0.05, 0) is 35.0 Å². The first-order valence-corrected chi connectivity index (χ1v) is 7.09. The van der Waals surface area contributed by atoms with Crippen molar-refractivity contribution in [3.8, 4) is 9.88 Å². The van der Waals surface area contributed by atoms with E-state index in [9.17, 15) is 0 Å². The molecule has 0 N–H and O–H groups in total. The molecule has 0 radical (unpaired) electrons. The van der Waals surface area contributed by atoms with Crippen LogP contribution in [0.5, 0.6) is 0 Å². The summed E-state index contributed by atoms with van der Waals surface area (Å²) in [5, 5.41) is 1.10. The Morgan fingerprint density at radius 2 is 2.21 bits per heavy atom. The zero-order valence-corrected chi connectivity index (χ0v) is 11.6. The summed E-state index contributed by atoms with van der Waals surface area (Å²) in [6.45, 7) is 2.04. The molecule has 0 aliphatic carbocycles. The maximum absolute atomic E-state index is 4.52. The van der Waals surface area contributed by atoms with Gasteiger partial charge in [0.2, 0.25) is 0 Å². The number of hydrogen-bond donors (Lipinski definition) is 1. The summed E-state index contributed by atoms with van der Waals surface area (Å²) in [5.74, 6) is 0.774. The molecule has 0 amide bonds. The minimum absolute atomic E-state index is 0.774. The Labute approximate surface area is 105 Å². The van der Waals surface area contributed by atoms with E-state index in [-0.39, 0.29) is 0 Å². The molecular formula is C9H8BrNS3. The summed E-state index contributed by atoms with van der Waals surface area (Å²) in [6, 6.07) is 4.15. The molecule has 2 aromatic rings. The first kappa shape index (κ1) is 10.7. The zero-order valence-electron chi connectivity index (χ0n) is 7.45. The summed E-state index contributed by atoms with van der Waals surface area (Å²) < 4.78 is 1.15. The van der Waals surface area contributed by atoms with Gasteiger partial charge in [0.05, 0.1) is 14.4 Å². The SMILES string of the molecule is Cc1nc(-c2ccc(Br)s2)sc1CS. The average Bonchev–Trinajstić information content (AvgIpc) is 2.71. The van der Waals surface area contributed by atoms with Crippen LogP contribution in [0.15, 0.2) is 15.9 Å². The topological polar surface area (TPSA) is 12.9 Å². The van der Waals surface area contributed by atoms with Gasteiger partial charge in [0.1, 0.15) is 5.01 Å². The van der Waals surface area contributed by atoms with Crippen LogP contribution in [-0.4, -0.2) is 4.98 Å². The van der Waals surface area contributed by atoms with Crippen LogP contribution in [0.4, 0.5) is 0 Å². The number of thiol groups is 1. The maximum Gasteiger partial charge on any atom is 0.133 e. The lowest BCUT2D eigenvalue weighted by Crippen LogP contribution is -1.76. The van der Waals surface area contributed by atoms with Crippen LogP contribution in [0.25, 0.3) is 9.88 Å². The van der Waals surface area contributed by atoms with Crippen LogP contribution in [0.2, 0.25) is 0 Å². The minimum atomic E-state index is 0.774. The van der Waals surface area contributed by atoms with E-state index >= 15 is 0 Å². The molecule has 2 heterocycles. The Bertz CT molecular complexity index is 447. The van der Waals surface area contributed by atoms with Crippen molar-refractivity contribution in [2.24, 2.45) is 0 Å². The molecule has 14 heavy (non-hydrogen) atoms. The molecule has 2 aromatic heterocycles. The van der Waals surface area contributed by atoms with Crippen molar-refractivity contribution in [3.63, 3.8) is 0 Å². The van der Waals surface area contributed by atoms with E-state index in [1.54, 1.807) is 22.7 Å². The molecule has 5 heteroatoms. The summed E-state index contributed by atoms with van der Waals surface area (Å²) in [4.78, 5) is 7.00. The van der Waals surface area contributed by atoms with Crippen LogP contribution in [0, 0.1) is 6.92 Å². The number of thiophene rings is 1. The standard InChI is InChI=1S/C9H8BrNS3/c1-5-7(4-12)14-9(11-5)6-2-3-8(10)13-6/h2-3,12H,4H2,1H3. The van der Waals surface area contributed by atoms with Gasteiger partial charge in [-0.25, -0.2) is 4.98 Å². The Morgan fingerprint density at radius 3 is 2.71 bits per heavy atom. The fourth-order valence-electron chi connectivity index (χ4n) is 1.11. The van der Waals surface area contributed by atoms with Crippen molar-refractivity contribution >= 4 is 51.2 Å². The van der Waals surface area contributed by atoms with E-state index in [2.05, 4.69) is 45.7 Å². The quantitative estimate of drug-likeness (QED) is 0.813. The van der Waals surface area contributed by atoms with Crippen LogP contribution in [0.1, 0.15) is 10.6 Å². The van der Waals surface area contributed by atoms with Gasteiger partial charge in [0.25, 0.3) is 0 Å². The van der Waals surface area contributed by atoms with Crippen molar-refractivity contribution in [2.75, 3.05) is 0 Å². The van der Waals surface area contributed by atoms with Crippen molar-refractivity contribution < 1.29 is 0 Å². The van der Waals surface area contributed by atoms with E-state index in [0.29, 0.717) is 0 Å². The summed E-state index contributed by atoms with van der Waals surface area (Å²) in [5.41, 5.74) is 1.10. The third-order valence-electron chi connectivity index (χ3n) is 1.82. The number of thiazole rings is 1. The van der Waals surface area contributed by atoms with Crippen LogP contribution in [0.3, 0.4) is 0 Å². The summed E-state index contributed by atoms with van der Waals surface area (Å²) in [7, 11) is 0. The van der Waals surface area contributed by atoms with Gasteiger partial charge < -0.3 is 0 Å². The monoisotopic (exact) mass is 305 g/mol. The molecule has 0 spiro atoms. The van der Waals surface area contributed by atoms with Crippen molar-refractivity contribution in [1.82, 2.24) is 4.98 Å². The second-order valence-corrected chi connectivity index (χ2v) is 6.65. The fourth-order valence-corrected chi connectivity index (χ4v) is 3.89. The van der Waals surface area contributed by atoms with Crippen molar-refractivity contribution in [3.05, 3.63) is 26.5 Å². The van der Waals surface area contributed by atoms with Gasteiger partial charge in [-0.1, -0.05) is 0 Å². The largest absolute Gasteiger partial charge is 0.240 e. The predicted molar refractivity (Wildman–Crippen MR) is 70.6 cm³/mol. The lowest BCUT2D eigenvalue weighted by atomic mass is 10.4. The highest BCUT2D eigenvalue weighted by Crippen LogP contribution is 2.35. The van der Waals surface area contributed by atoms with E-state index in [1.807, 2.05) is 6.92 Å². The second kappa shape index (κ2) is 4.35. The van der Waals surface area contributed by atoms with Crippen LogP contribution < -0.4 is 0 Å². The third-order valence-corrected chi connectivity index (χ3v) is 5.30. The number of aromatic nitrogens is 1. The maximum atomic E-state index is 4.52. The Morgan fingerprint density at radius 1 is 1.43 bits per heavy atom. The van der Waals surface area contributed by atoms with E-state index in [4.69, 9.17) is 0 Å². The summed E-state index contributed by atoms with van der Waals surface area (Å²) in [6.07, 6.45) is 0.